The molecule has 0 aromatic carbocycles. The molecule has 0 aliphatic carbocycles. The van der Waals surface area contributed by atoms with Crippen molar-refractivity contribution in [3.05, 3.63) is 0 Å². The van der Waals surface area contributed by atoms with Gasteiger partial charge in [-0.15, -0.1) is 0 Å². The normalized spacial score (nSPS) is 11.2. The van der Waals surface area contributed by atoms with Crippen molar-refractivity contribution in [2.24, 2.45) is 0 Å². The van der Waals surface area contributed by atoms with Crippen molar-refractivity contribution in [1.82, 2.24) is 4.90 Å². The number of carbonyl (C=O) groups excluding carboxylic acids is 2. The molecule has 5 heteroatoms. The van der Waals surface area contributed by atoms with Crippen LogP contribution in [0.15, 0.2) is 0 Å². The monoisotopic (exact) mass is 259 g/mol. The number of rotatable bonds is 8. The summed E-state index contributed by atoms with van der Waals surface area (Å²) in [6, 6.07) is 0. The first-order valence-corrected chi connectivity index (χ1v) is 6.34. The van der Waals surface area contributed by atoms with Crippen LogP contribution in [-0.4, -0.2) is 49.2 Å². The minimum Gasteiger partial charge on any atom is -0.465 e. The third kappa shape index (κ3) is 6.59. The van der Waals surface area contributed by atoms with E-state index in [0.717, 1.165) is 6.42 Å². The molecule has 1 amide bonds. The van der Waals surface area contributed by atoms with Crippen LogP contribution < -0.4 is 0 Å². The van der Waals surface area contributed by atoms with Gasteiger partial charge in [0.05, 0.1) is 18.6 Å². The van der Waals surface area contributed by atoms with Crippen LogP contribution in [0.25, 0.3) is 0 Å². The average molecular weight is 259 g/mol. The highest BCUT2D eigenvalue weighted by atomic mass is 16.5. The number of ether oxygens (including phenoxy) is 2. The molecule has 0 aliphatic rings. The maximum Gasteiger partial charge on any atom is 0.325 e. The lowest BCUT2D eigenvalue weighted by atomic mass is 10.0. The molecule has 0 rings (SSSR count). The van der Waals surface area contributed by atoms with Gasteiger partial charge in [-0.3, -0.25) is 9.59 Å². The summed E-state index contributed by atoms with van der Waals surface area (Å²) in [6.07, 6.45) is 1.06. The molecule has 0 spiro atoms. The van der Waals surface area contributed by atoms with Gasteiger partial charge in [-0.25, -0.2) is 0 Å². The number of amides is 1. The smallest absolute Gasteiger partial charge is 0.325 e. The van der Waals surface area contributed by atoms with Gasteiger partial charge >= 0.3 is 5.97 Å². The number of hydrogen-bond donors (Lipinski definition) is 0. The molecule has 0 fully saturated rings. The van der Waals surface area contributed by atoms with Crippen LogP contribution in [0.3, 0.4) is 0 Å². The van der Waals surface area contributed by atoms with Gasteiger partial charge in [0.2, 0.25) is 5.91 Å². The van der Waals surface area contributed by atoms with Crippen molar-refractivity contribution in [2.45, 2.75) is 46.1 Å². The summed E-state index contributed by atoms with van der Waals surface area (Å²) in [5.74, 6) is -0.453. The highest BCUT2D eigenvalue weighted by Gasteiger charge is 2.25. The summed E-state index contributed by atoms with van der Waals surface area (Å²) in [4.78, 5) is 25.0. The third-order valence-corrected chi connectivity index (χ3v) is 2.60. The molecular formula is C13H25NO4. The fraction of sp³-hybridized carbons (Fsp3) is 0.846. The van der Waals surface area contributed by atoms with E-state index in [1.807, 2.05) is 20.8 Å². The van der Waals surface area contributed by atoms with E-state index in [9.17, 15) is 9.59 Å². The van der Waals surface area contributed by atoms with E-state index in [-0.39, 0.29) is 24.8 Å². The zero-order valence-corrected chi connectivity index (χ0v) is 12.1. The van der Waals surface area contributed by atoms with Crippen LogP contribution in [0.2, 0.25) is 0 Å². The Hall–Kier alpha value is -1.10. The van der Waals surface area contributed by atoms with Gasteiger partial charge in [0.25, 0.3) is 0 Å². The maximum atomic E-state index is 12.1. The van der Waals surface area contributed by atoms with E-state index >= 15 is 0 Å². The second kappa shape index (κ2) is 8.08. The van der Waals surface area contributed by atoms with Gasteiger partial charge in [-0.2, -0.15) is 0 Å². The zero-order chi connectivity index (χ0) is 14.2. The Morgan fingerprint density at radius 3 is 2.28 bits per heavy atom. The molecule has 5 nitrogen and oxygen atoms in total. The van der Waals surface area contributed by atoms with Gasteiger partial charge in [-0.05, 0) is 27.2 Å². The minimum absolute atomic E-state index is 0.0142. The summed E-state index contributed by atoms with van der Waals surface area (Å²) < 4.78 is 10.1. The summed E-state index contributed by atoms with van der Waals surface area (Å²) in [7, 11) is 1.57. The molecule has 106 valence electrons. The van der Waals surface area contributed by atoms with Gasteiger partial charge in [-0.1, -0.05) is 6.92 Å². The quantitative estimate of drug-likeness (QED) is 0.621. The molecule has 0 aromatic heterocycles. The number of nitrogens with zero attached hydrogens (tertiary/aromatic N) is 1. The molecule has 0 unspecified atom stereocenters. The molecule has 0 saturated carbocycles. The van der Waals surface area contributed by atoms with Crippen molar-refractivity contribution < 1.29 is 19.1 Å². The largest absolute Gasteiger partial charge is 0.465 e. The molecule has 0 bridgehead atoms. The van der Waals surface area contributed by atoms with Crippen molar-refractivity contribution >= 4 is 11.9 Å². The molecule has 0 saturated heterocycles. The summed E-state index contributed by atoms with van der Waals surface area (Å²) >= 11 is 0. The second-order valence-corrected chi connectivity index (χ2v) is 4.76. The predicted molar refractivity (Wildman–Crippen MR) is 69.2 cm³/mol. The standard InChI is InChI=1S/C13H25NO4/c1-6-8-14(10-12(16)18-7-2)11(15)9-13(3,4)17-5/h6-10H2,1-5H3. The topological polar surface area (TPSA) is 55.8 Å². The molecule has 0 aromatic rings. The molecule has 0 N–H and O–H groups in total. The van der Waals surface area contributed by atoms with Gasteiger partial charge in [0.1, 0.15) is 6.54 Å². The fourth-order valence-corrected chi connectivity index (χ4v) is 1.47. The average Bonchev–Trinajstić information content (AvgIpc) is 2.28. The number of carbonyl (C=O) groups is 2. The molecule has 0 heterocycles. The van der Waals surface area contributed by atoms with Crippen LogP contribution >= 0.6 is 0 Å². The van der Waals surface area contributed by atoms with Gasteiger partial charge in [0, 0.05) is 13.7 Å². The van der Waals surface area contributed by atoms with Crippen molar-refractivity contribution in [1.29, 1.82) is 0 Å². The number of esters is 1. The van der Waals surface area contributed by atoms with Crippen LogP contribution in [0.1, 0.15) is 40.5 Å². The Morgan fingerprint density at radius 2 is 1.83 bits per heavy atom. The van der Waals surface area contributed by atoms with E-state index in [4.69, 9.17) is 9.47 Å². The van der Waals surface area contributed by atoms with Crippen LogP contribution in [0, 0.1) is 0 Å². The Labute approximate surface area is 109 Å². The molecular weight excluding hydrogens is 234 g/mol. The Balaban J connectivity index is 4.49. The van der Waals surface area contributed by atoms with E-state index in [1.54, 1.807) is 14.0 Å². The number of hydrogen-bond acceptors (Lipinski definition) is 4. The van der Waals surface area contributed by atoms with Crippen LogP contribution in [0.4, 0.5) is 0 Å². The summed E-state index contributed by atoms with van der Waals surface area (Å²) in [5.41, 5.74) is -0.516. The van der Waals surface area contributed by atoms with E-state index in [0.29, 0.717) is 13.2 Å². The summed E-state index contributed by atoms with van der Waals surface area (Å²) in [5, 5.41) is 0. The predicted octanol–water partition coefficient (Wildman–Crippen LogP) is 1.60. The highest BCUT2D eigenvalue weighted by molar-refractivity contribution is 5.82. The van der Waals surface area contributed by atoms with E-state index in [2.05, 4.69) is 0 Å². The minimum atomic E-state index is -0.516. The first-order valence-electron chi connectivity index (χ1n) is 6.34. The van der Waals surface area contributed by atoms with Crippen molar-refractivity contribution in [3.63, 3.8) is 0 Å². The van der Waals surface area contributed by atoms with Gasteiger partial charge < -0.3 is 14.4 Å². The third-order valence-electron chi connectivity index (χ3n) is 2.60. The first kappa shape index (κ1) is 16.9. The summed E-state index contributed by atoms with van der Waals surface area (Å²) in [6.45, 7) is 8.30. The lowest BCUT2D eigenvalue weighted by Gasteiger charge is -2.27. The second-order valence-electron chi connectivity index (χ2n) is 4.76. The van der Waals surface area contributed by atoms with Crippen molar-refractivity contribution in [3.8, 4) is 0 Å². The first-order chi connectivity index (χ1) is 8.36. The zero-order valence-electron chi connectivity index (χ0n) is 12.1. The Kier molecular flexibility index (Phi) is 7.59. The van der Waals surface area contributed by atoms with Gasteiger partial charge in [0.15, 0.2) is 0 Å². The molecule has 18 heavy (non-hydrogen) atoms. The lowest BCUT2D eigenvalue weighted by molar-refractivity contribution is -0.150. The fourth-order valence-electron chi connectivity index (χ4n) is 1.47. The Bertz CT molecular complexity index is 276. The van der Waals surface area contributed by atoms with E-state index < -0.39 is 5.60 Å². The highest BCUT2D eigenvalue weighted by Crippen LogP contribution is 2.15. The van der Waals surface area contributed by atoms with Crippen LogP contribution in [-0.2, 0) is 19.1 Å². The molecule has 0 aliphatic heterocycles. The number of methoxy groups -OCH3 is 1. The molecule has 0 atom stereocenters. The molecule has 0 radical (unpaired) electrons. The Morgan fingerprint density at radius 1 is 1.22 bits per heavy atom. The van der Waals surface area contributed by atoms with E-state index in [1.165, 1.54) is 4.90 Å². The van der Waals surface area contributed by atoms with Crippen molar-refractivity contribution in [2.75, 3.05) is 26.8 Å². The van der Waals surface area contributed by atoms with Crippen LogP contribution in [0.5, 0.6) is 0 Å². The maximum absolute atomic E-state index is 12.1. The SMILES string of the molecule is CCCN(CC(=O)OCC)C(=O)CC(C)(C)OC. The lowest BCUT2D eigenvalue weighted by Crippen LogP contribution is -2.41.